The van der Waals surface area contributed by atoms with Gasteiger partial charge >= 0.3 is 0 Å². The maximum atomic E-state index is 11.6. The van der Waals surface area contributed by atoms with Crippen LogP contribution in [-0.4, -0.2) is 26.6 Å². The Kier molecular flexibility index (Phi) is 6.20. The summed E-state index contributed by atoms with van der Waals surface area (Å²) in [7, 11) is -3.44. The van der Waals surface area contributed by atoms with Gasteiger partial charge in [-0.2, -0.15) is 0 Å². The molecule has 0 aliphatic carbocycles. The molecule has 2 N–H and O–H groups in total. The first kappa shape index (κ1) is 15.9. The van der Waals surface area contributed by atoms with E-state index in [1.54, 1.807) is 18.2 Å². The lowest BCUT2D eigenvalue weighted by Crippen LogP contribution is -2.34. The lowest BCUT2D eigenvalue weighted by atomic mass is 10.3. The Hall–Kier alpha value is -1.18. The zero-order valence-electron chi connectivity index (χ0n) is 10.2. The van der Waals surface area contributed by atoms with E-state index in [4.69, 9.17) is 0 Å². The molecule has 19 heavy (non-hydrogen) atoms. The number of carbonyl (C=O) groups excluding carboxylic acids is 1. The molecule has 0 bridgehead atoms. The Morgan fingerprint density at radius 3 is 2.68 bits per heavy atom. The summed E-state index contributed by atoms with van der Waals surface area (Å²) in [6.45, 7) is 3.16. The largest absolute Gasteiger partial charge is 0.324 e. The van der Waals surface area contributed by atoms with Crippen molar-refractivity contribution >= 4 is 37.5 Å². The molecule has 0 fully saturated rings. The summed E-state index contributed by atoms with van der Waals surface area (Å²) in [5.74, 6) is -0.493. The van der Waals surface area contributed by atoms with Gasteiger partial charge in [0.2, 0.25) is 15.9 Å². The van der Waals surface area contributed by atoms with E-state index in [2.05, 4.69) is 32.5 Å². The van der Waals surface area contributed by atoms with E-state index in [1.807, 2.05) is 6.07 Å². The van der Waals surface area contributed by atoms with Crippen molar-refractivity contribution in [3.63, 3.8) is 0 Å². The van der Waals surface area contributed by atoms with E-state index >= 15 is 0 Å². The van der Waals surface area contributed by atoms with Crippen LogP contribution in [0.4, 0.5) is 5.69 Å². The highest BCUT2D eigenvalue weighted by atomic mass is 79.9. The average molecular weight is 347 g/mol. The molecule has 1 aromatic rings. The molecule has 1 rings (SSSR count). The van der Waals surface area contributed by atoms with Crippen molar-refractivity contribution in [1.82, 2.24) is 4.72 Å². The number of benzene rings is 1. The Bertz CT molecular complexity index is 558. The average Bonchev–Trinajstić information content (AvgIpc) is 2.37. The van der Waals surface area contributed by atoms with Gasteiger partial charge in [-0.3, -0.25) is 4.79 Å². The number of amides is 1. The van der Waals surface area contributed by atoms with Crippen molar-refractivity contribution < 1.29 is 13.2 Å². The monoisotopic (exact) mass is 346 g/mol. The minimum Gasteiger partial charge on any atom is -0.324 e. The molecule has 0 spiro atoms. The van der Waals surface area contributed by atoms with Gasteiger partial charge in [-0.15, -0.1) is 6.58 Å². The molecule has 0 aliphatic heterocycles. The second-order valence-corrected chi connectivity index (χ2v) is 6.53. The third-order valence-electron chi connectivity index (χ3n) is 2.19. The standard InChI is InChI=1S/C12H15BrN2O3S/c1-2-3-8-19(17,18)14-9-12(16)15-11-7-5-4-6-10(11)13/h2,4-7,14H,1,3,8-9H2,(H,15,16). The molecule has 104 valence electrons. The van der Waals surface area contributed by atoms with Crippen molar-refractivity contribution in [1.29, 1.82) is 0 Å². The van der Waals surface area contributed by atoms with Crippen molar-refractivity contribution in [3.05, 3.63) is 41.4 Å². The molecular formula is C12H15BrN2O3S. The van der Waals surface area contributed by atoms with Crippen LogP contribution in [0.15, 0.2) is 41.4 Å². The molecule has 0 atom stereocenters. The van der Waals surface area contributed by atoms with E-state index in [1.165, 1.54) is 6.08 Å². The second-order valence-electron chi connectivity index (χ2n) is 3.75. The minimum atomic E-state index is -3.44. The number of para-hydroxylation sites is 1. The molecule has 0 saturated heterocycles. The molecule has 7 heteroatoms. The number of anilines is 1. The topological polar surface area (TPSA) is 75.3 Å². The number of allylic oxidation sites excluding steroid dienone is 1. The highest BCUT2D eigenvalue weighted by Gasteiger charge is 2.12. The van der Waals surface area contributed by atoms with Crippen LogP contribution < -0.4 is 10.0 Å². The lowest BCUT2D eigenvalue weighted by molar-refractivity contribution is -0.115. The smallest absolute Gasteiger partial charge is 0.239 e. The first-order valence-corrected chi connectivity index (χ1v) is 8.02. The maximum Gasteiger partial charge on any atom is 0.239 e. The van der Waals surface area contributed by atoms with Crippen LogP contribution in [0.25, 0.3) is 0 Å². The molecule has 1 amide bonds. The number of sulfonamides is 1. The number of halogens is 1. The Labute approximate surface area is 121 Å². The number of nitrogens with one attached hydrogen (secondary N) is 2. The molecule has 0 radical (unpaired) electrons. The first-order valence-electron chi connectivity index (χ1n) is 5.57. The van der Waals surface area contributed by atoms with Crippen molar-refractivity contribution in [2.75, 3.05) is 17.6 Å². The van der Waals surface area contributed by atoms with E-state index < -0.39 is 15.9 Å². The first-order chi connectivity index (χ1) is 8.94. The fourth-order valence-electron chi connectivity index (χ4n) is 1.24. The predicted octanol–water partition coefficient (Wildman–Crippen LogP) is 1.88. The van der Waals surface area contributed by atoms with Gasteiger partial charge in [0.15, 0.2) is 0 Å². The van der Waals surface area contributed by atoms with Crippen molar-refractivity contribution in [2.24, 2.45) is 0 Å². The molecular weight excluding hydrogens is 332 g/mol. The van der Waals surface area contributed by atoms with Gasteiger partial charge in [0.25, 0.3) is 0 Å². The van der Waals surface area contributed by atoms with Gasteiger partial charge in [0.05, 0.1) is 18.0 Å². The van der Waals surface area contributed by atoms with Gasteiger partial charge in [0.1, 0.15) is 0 Å². The normalized spacial score (nSPS) is 11.0. The summed E-state index contributed by atoms with van der Waals surface area (Å²) in [6, 6.07) is 7.09. The number of hydrogen-bond acceptors (Lipinski definition) is 3. The number of carbonyl (C=O) groups is 1. The quantitative estimate of drug-likeness (QED) is 0.740. The summed E-state index contributed by atoms with van der Waals surface area (Å²) in [5, 5.41) is 2.61. The fourth-order valence-corrected chi connectivity index (χ4v) is 2.60. The van der Waals surface area contributed by atoms with Crippen LogP contribution in [0.2, 0.25) is 0 Å². The third-order valence-corrected chi connectivity index (χ3v) is 4.24. The lowest BCUT2D eigenvalue weighted by Gasteiger charge is -2.08. The van der Waals surface area contributed by atoms with Crippen LogP contribution >= 0.6 is 15.9 Å². The molecule has 1 aromatic carbocycles. The zero-order valence-corrected chi connectivity index (χ0v) is 12.6. The van der Waals surface area contributed by atoms with Crippen molar-refractivity contribution in [3.8, 4) is 0 Å². The van der Waals surface area contributed by atoms with E-state index in [-0.39, 0.29) is 12.3 Å². The molecule has 0 heterocycles. The molecule has 0 aliphatic rings. The Morgan fingerprint density at radius 1 is 1.37 bits per heavy atom. The van der Waals surface area contributed by atoms with Crippen molar-refractivity contribution in [2.45, 2.75) is 6.42 Å². The van der Waals surface area contributed by atoms with Gasteiger partial charge in [-0.25, -0.2) is 13.1 Å². The second kappa shape index (κ2) is 7.42. The third kappa shape index (κ3) is 6.00. The Morgan fingerprint density at radius 2 is 2.05 bits per heavy atom. The van der Waals surface area contributed by atoms with Crippen LogP contribution in [0, 0.1) is 0 Å². The zero-order chi connectivity index (χ0) is 14.3. The minimum absolute atomic E-state index is 0.0706. The van der Waals surface area contributed by atoms with Gasteiger partial charge in [-0.1, -0.05) is 18.2 Å². The molecule has 0 aromatic heterocycles. The highest BCUT2D eigenvalue weighted by Crippen LogP contribution is 2.20. The van der Waals surface area contributed by atoms with Crippen LogP contribution in [0.3, 0.4) is 0 Å². The highest BCUT2D eigenvalue weighted by molar-refractivity contribution is 9.10. The molecule has 0 saturated carbocycles. The van der Waals surface area contributed by atoms with Crippen LogP contribution in [0.1, 0.15) is 6.42 Å². The van der Waals surface area contributed by atoms with Gasteiger partial charge in [-0.05, 0) is 34.5 Å². The molecule has 0 unspecified atom stereocenters. The summed E-state index contributed by atoms with van der Waals surface area (Å²) >= 11 is 3.29. The predicted molar refractivity (Wildman–Crippen MR) is 79.4 cm³/mol. The van der Waals surface area contributed by atoms with Gasteiger partial charge < -0.3 is 5.32 Å². The van der Waals surface area contributed by atoms with Gasteiger partial charge in [0, 0.05) is 4.47 Å². The number of hydrogen-bond donors (Lipinski definition) is 2. The van der Waals surface area contributed by atoms with Crippen LogP contribution in [-0.2, 0) is 14.8 Å². The van der Waals surface area contributed by atoms with Crippen LogP contribution in [0.5, 0.6) is 0 Å². The molecule has 5 nitrogen and oxygen atoms in total. The van der Waals surface area contributed by atoms with E-state index in [0.29, 0.717) is 12.1 Å². The summed E-state index contributed by atoms with van der Waals surface area (Å²) in [4.78, 5) is 11.6. The van der Waals surface area contributed by atoms with E-state index in [9.17, 15) is 13.2 Å². The Balaban J connectivity index is 2.49. The summed E-state index contributed by atoms with van der Waals surface area (Å²) in [6.07, 6.45) is 1.86. The SMILES string of the molecule is C=CCCS(=O)(=O)NCC(=O)Nc1ccccc1Br. The maximum absolute atomic E-state index is 11.6. The number of rotatable bonds is 7. The van der Waals surface area contributed by atoms with E-state index in [0.717, 1.165) is 4.47 Å². The summed E-state index contributed by atoms with van der Waals surface area (Å²) < 4.78 is 25.9. The fraction of sp³-hybridized carbons (Fsp3) is 0.250. The summed E-state index contributed by atoms with van der Waals surface area (Å²) in [5.41, 5.74) is 0.595.